The van der Waals surface area contributed by atoms with Crippen molar-refractivity contribution in [3.05, 3.63) is 42.3 Å². The highest BCUT2D eigenvalue weighted by atomic mass is 32.1. The summed E-state index contributed by atoms with van der Waals surface area (Å²) >= 11 is 1.46. The van der Waals surface area contributed by atoms with E-state index in [1.165, 1.54) is 22.3 Å². The van der Waals surface area contributed by atoms with Crippen LogP contribution < -0.4 is 25.0 Å². The second-order valence-electron chi connectivity index (χ2n) is 15.5. The minimum Gasteiger partial charge on any atom is -0.497 e. The maximum absolute atomic E-state index is 14.6. The molecule has 3 aliphatic rings. The molecule has 0 bridgehead atoms. The largest absolute Gasteiger partial charge is 0.497 e. The van der Waals surface area contributed by atoms with Crippen LogP contribution in [0.25, 0.3) is 22.3 Å². The molecule has 3 heterocycles. The van der Waals surface area contributed by atoms with E-state index in [0.29, 0.717) is 33.8 Å². The Morgan fingerprint density at radius 1 is 1.13 bits per heavy atom. The van der Waals surface area contributed by atoms with Crippen molar-refractivity contribution in [3.8, 4) is 22.9 Å². The van der Waals surface area contributed by atoms with Crippen LogP contribution in [0.2, 0.25) is 0 Å². The lowest BCUT2D eigenvalue weighted by Gasteiger charge is -2.35. The molecule has 2 saturated carbocycles. The van der Waals surface area contributed by atoms with Crippen molar-refractivity contribution in [2.75, 3.05) is 32.6 Å². The molecule has 3 amide bonds. The highest BCUT2D eigenvalue weighted by molar-refractivity contribution is 7.54. The number of hydrogen-bond acceptors (Lipinski definition) is 11. The van der Waals surface area contributed by atoms with Gasteiger partial charge in [0.15, 0.2) is 5.13 Å². The van der Waals surface area contributed by atoms with Crippen LogP contribution in [0.5, 0.6) is 11.5 Å². The van der Waals surface area contributed by atoms with Gasteiger partial charge < -0.3 is 44.4 Å². The van der Waals surface area contributed by atoms with Crippen LogP contribution in [0.15, 0.2) is 42.3 Å². The summed E-state index contributed by atoms with van der Waals surface area (Å²) in [5, 5.41) is 6.89. The third kappa shape index (κ3) is 8.07. The monoisotopic (exact) mass is 784 g/mol. The Morgan fingerprint density at radius 2 is 1.85 bits per heavy atom. The number of benzene rings is 1. The number of rotatable bonds is 12. The van der Waals surface area contributed by atoms with Gasteiger partial charge in [0.25, 0.3) is 0 Å². The van der Waals surface area contributed by atoms with Crippen LogP contribution in [0.1, 0.15) is 59.3 Å². The smallest absolute Gasteiger partial charge is 0.408 e. The van der Waals surface area contributed by atoms with E-state index in [1.54, 1.807) is 46.1 Å². The number of thiazole rings is 1. The number of methoxy groups -OCH3 is 1. The van der Waals surface area contributed by atoms with E-state index in [0.717, 1.165) is 30.8 Å². The molecule has 0 radical (unpaired) electrons. The molecule has 3 fully saturated rings. The number of amides is 3. The van der Waals surface area contributed by atoms with E-state index >= 15 is 0 Å². The van der Waals surface area contributed by atoms with E-state index < -0.39 is 60.3 Å². The van der Waals surface area contributed by atoms with Gasteiger partial charge in [0.05, 0.1) is 24.9 Å². The maximum Gasteiger partial charge on any atom is 0.408 e. The van der Waals surface area contributed by atoms with E-state index in [1.807, 2.05) is 30.4 Å². The van der Waals surface area contributed by atoms with Crippen molar-refractivity contribution < 1.29 is 42.9 Å². The van der Waals surface area contributed by atoms with Crippen molar-refractivity contribution >= 4 is 52.9 Å². The Kier molecular flexibility index (Phi) is 11.0. The topological polar surface area (TPSA) is 193 Å². The number of carbonyl (C=O) groups is 3. The first-order chi connectivity index (χ1) is 25.4. The van der Waals surface area contributed by atoms with E-state index in [2.05, 4.69) is 17.2 Å². The Balaban J connectivity index is 1.34. The number of fused-ring (bicyclic) bond motifs is 1. The van der Waals surface area contributed by atoms with Crippen LogP contribution >= 0.6 is 18.9 Å². The van der Waals surface area contributed by atoms with E-state index in [4.69, 9.17) is 24.2 Å². The lowest BCUT2D eigenvalue weighted by atomic mass is 9.85. The van der Waals surface area contributed by atoms with Crippen LogP contribution in [0.3, 0.4) is 0 Å². The predicted molar refractivity (Wildman–Crippen MR) is 205 cm³/mol. The average Bonchev–Trinajstić information content (AvgIpc) is 3.54. The number of nitrogens with zero attached hydrogens (tertiary/aromatic N) is 4. The highest BCUT2D eigenvalue weighted by Crippen LogP contribution is 2.67. The molecule has 1 aromatic carbocycles. The van der Waals surface area contributed by atoms with Gasteiger partial charge in [0.2, 0.25) is 11.8 Å². The lowest BCUT2D eigenvalue weighted by molar-refractivity contribution is -0.142. The average molecular weight is 785 g/mol. The molecule has 0 spiro atoms. The first-order valence-electron chi connectivity index (χ1n) is 18.0. The van der Waals surface area contributed by atoms with Crippen molar-refractivity contribution in [1.29, 1.82) is 0 Å². The number of hydrogen-bond donors (Lipinski definition) is 4. The Morgan fingerprint density at radius 3 is 2.44 bits per heavy atom. The minimum atomic E-state index is -4.83. The van der Waals surface area contributed by atoms with Crippen molar-refractivity contribution in [2.24, 2.45) is 11.3 Å². The van der Waals surface area contributed by atoms with Gasteiger partial charge in [-0.3, -0.25) is 14.2 Å². The third-order valence-electron chi connectivity index (χ3n) is 10.3. The van der Waals surface area contributed by atoms with Gasteiger partial charge in [-0.2, -0.15) is 0 Å². The predicted octanol–water partition coefficient (Wildman–Crippen LogP) is 5.06. The van der Waals surface area contributed by atoms with Crippen LogP contribution in [0.4, 0.5) is 9.93 Å². The molecule has 54 heavy (non-hydrogen) atoms. The zero-order valence-corrected chi connectivity index (χ0v) is 33.1. The molecule has 292 valence electrons. The van der Waals surface area contributed by atoms with Gasteiger partial charge in [0.1, 0.15) is 46.8 Å². The first kappa shape index (κ1) is 39.5. The number of pyridine rings is 1. The fourth-order valence-corrected chi connectivity index (χ4v) is 9.18. The summed E-state index contributed by atoms with van der Waals surface area (Å²) in [4.78, 5) is 75.2. The minimum absolute atomic E-state index is 0.00622. The highest BCUT2D eigenvalue weighted by Gasteiger charge is 2.66. The Bertz CT molecular complexity index is 1970. The van der Waals surface area contributed by atoms with Crippen LogP contribution in [0, 0.1) is 11.3 Å². The summed E-state index contributed by atoms with van der Waals surface area (Å²) in [5.74, 6) is -0.925. The van der Waals surface area contributed by atoms with Gasteiger partial charge in [-0.05, 0) is 49.7 Å². The standard InChI is InChI=1S/C37H49N6O9PS/c1-8-21-18-37(21,53(47,48)49)41-32(44)29-16-24(19-43(29)33(45)31(36(2,3)4)40-35(46)52-22-11-9-10-12-22)51-30-17-27(28-20-54-34(39-28)42(5)6)38-26-15-23(50-7)13-14-25(26)30/h8,13-15,17,20-22,24,29,31H,1,9-12,16,18-19H2,2-7H3,(H,40,46)(H,41,44)(H2,47,48,49)/t21-,24-,29+,31-,37+/m1/s1. The molecule has 3 aromatic rings. The zero-order chi connectivity index (χ0) is 39.2. The number of aromatic nitrogens is 2. The summed E-state index contributed by atoms with van der Waals surface area (Å²) in [6.07, 6.45) is 3.12. The van der Waals surface area contributed by atoms with Crippen LogP contribution in [-0.2, 0) is 18.9 Å². The summed E-state index contributed by atoms with van der Waals surface area (Å²) in [6.45, 7) is 9.01. The molecule has 1 aliphatic heterocycles. The number of likely N-dealkylation sites (tertiary alicyclic amines) is 1. The van der Waals surface area contributed by atoms with Gasteiger partial charge >= 0.3 is 13.7 Å². The molecular weight excluding hydrogens is 735 g/mol. The number of ether oxygens (including phenoxy) is 3. The first-order valence-corrected chi connectivity index (χ1v) is 20.5. The molecular formula is C37H49N6O9PS. The summed E-state index contributed by atoms with van der Waals surface area (Å²) in [5.41, 5.74) is 0.941. The molecule has 5 atom stereocenters. The number of nitrogens with one attached hydrogen (secondary N) is 2. The number of anilines is 1. The Labute approximate surface area is 318 Å². The fourth-order valence-electron chi connectivity index (χ4n) is 7.20. The molecule has 2 aliphatic carbocycles. The van der Waals surface area contributed by atoms with Crippen LogP contribution in [-0.4, -0.2) is 99.9 Å². The third-order valence-corrected chi connectivity index (χ3v) is 13.0. The quantitative estimate of drug-likeness (QED) is 0.141. The lowest BCUT2D eigenvalue weighted by Crippen LogP contribution is -2.58. The molecule has 1 saturated heterocycles. The summed E-state index contributed by atoms with van der Waals surface area (Å²) < 4.78 is 30.4. The van der Waals surface area contributed by atoms with E-state index in [-0.39, 0.29) is 25.5 Å². The molecule has 0 unspecified atom stereocenters. The number of carbonyl (C=O) groups excluding carboxylic acids is 3. The van der Waals surface area contributed by atoms with Crippen molar-refractivity contribution in [1.82, 2.24) is 25.5 Å². The maximum atomic E-state index is 14.6. The molecule has 6 rings (SSSR count). The summed E-state index contributed by atoms with van der Waals surface area (Å²) in [7, 11) is 0.531. The van der Waals surface area contributed by atoms with Crippen molar-refractivity contribution in [3.63, 3.8) is 0 Å². The normalized spacial score (nSPS) is 23.5. The van der Waals surface area contributed by atoms with E-state index in [9.17, 15) is 28.7 Å². The molecule has 2 aromatic heterocycles. The second-order valence-corrected chi connectivity index (χ2v) is 18.3. The number of alkyl carbamates (subject to hydrolysis) is 1. The summed E-state index contributed by atoms with van der Waals surface area (Å²) in [6, 6.07) is 4.85. The zero-order valence-electron chi connectivity index (χ0n) is 31.4. The molecule has 4 N–H and O–H groups in total. The molecule has 17 heteroatoms. The second kappa shape index (κ2) is 15.1. The fraction of sp³-hybridized carbons (Fsp3) is 0.541. The SMILES string of the molecule is C=C[C@@H]1C[C@]1(NC(=O)[C@@H]1C[C@@H](Oc2cc(-c3csc(N(C)C)n3)nc3cc(OC)ccc23)CN1C(=O)[C@@H](NC(=O)OC1CCCC1)C(C)(C)C)P(=O)(O)O. The molecule has 15 nitrogen and oxygen atoms in total. The van der Waals surface area contributed by atoms with Gasteiger partial charge in [0, 0.05) is 49.3 Å². The van der Waals surface area contributed by atoms with Gasteiger partial charge in [-0.25, -0.2) is 14.8 Å². The van der Waals surface area contributed by atoms with Gasteiger partial charge in [-0.15, -0.1) is 17.9 Å². The van der Waals surface area contributed by atoms with Crippen molar-refractivity contribution in [2.45, 2.75) is 88.9 Å². The van der Waals surface area contributed by atoms with Gasteiger partial charge in [-0.1, -0.05) is 26.8 Å². The Hall–Kier alpha value is -4.24.